The van der Waals surface area contributed by atoms with Crippen LogP contribution in [-0.4, -0.2) is 0 Å². The minimum atomic E-state index is 1.17. The van der Waals surface area contributed by atoms with E-state index in [9.17, 15) is 0 Å². The zero-order valence-electron chi connectivity index (χ0n) is 18.4. The molecule has 152 valence electrons. The van der Waals surface area contributed by atoms with Crippen molar-refractivity contribution < 1.29 is 0 Å². The van der Waals surface area contributed by atoms with Crippen molar-refractivity contribution in [2.45, 2.75) is 64.2 Å². The molecule has 0 radical (unpaired) electrons. The summed E-state index contributed by atoms with van der Waals surface area (Å²) in [6.07, 6.45) is 22.0. The minimum Gasteiger partial charge on any atom is -0.0798 e. The third-order valence-electron chi connectivity index (χ3n) is 10.0. The van der Waals surface area contributed by atoms with E-state index in [4.69, 9.17) is 0 Å². The molecule has 0 nitrogen and oxygen atoms in total. The van der Waals surface area contributed by atoms with Crippen LogP contribution in [0.3, 0.4) is 0 Å². The molecule has 0 atom stereocenters. The van der Waals surface area contributed by atoms with Gasteiger partial charge in [-0.3, -0.25) is 0 Å². The highest BCUT2D eigenvalue weighted by Crippen LogP contribution is 2.66. The Bertz CT molecular complexity index is 1440. The SMILES string of the molecule is C1=CC2=C(C1)C1=C(C2)CC2=C1C1=C(C2)CC2=C1C1=C(CC3=C1C1=C(CC4=C1CC=C4)C3)C2. The lowest BCUT2D eigenvalue weighted by Crippen LogP contribution is -2.01. The van der Waals surface area contributed by atoms with Gasteiger partial charge in [0.15, 0.2) is 0 Å². The summed E-state index contributed by atoms with van der Waals surface area (Å²) in [5.74, 6) is 0. The molecule has 0 unspecified atom stereocenters. The molecule has 10 aliphatic carbocycles. The summed E-state index contributed by atoms with van der Waals surface area (Å²) in [5, 5.41) is 0. The molecule has 0 aromatic carbocycles. The van der Waals surface area contributed by atoms with E-state index in [1.54, 1.807) is 100 Å². The van der Waals surface area contributed by atoms with E-state index in [2.05, 4.69) is 24.3 Å². The highest BCUT2D eigenvalue weighted by atomic mass is 14.5. The van der Waals surface area contributed by atoms with Crippen LogP contribution < -0.4 is 0 Å². The van der Waals surface area contributed by atoms with Crippen molar-refractivity contribution in [1.29, 1.82) is 0 Å². The monoisotopic (exact) mass is 408 g/mol. The average molecular weight is 409 g/mol. The van der Waals surface area contributed by atoms with Crippen molar-refractivity contribution in [3.8, 4) is 0 Å². The topological polar surface area (TPSA) is 0 Å². The van der Waals surface area contributed by atoms with Gasteiger partial charge >= 0.3 is 0 Å². The second-order valence-electron chi connectivity index (χ2n) is 11.5. The molecule has 10 aliphatic rings. The minimum absolute atomic E-state index is 1.17. The van der Waals surface area contributed by atoms with Gasteiger partial charge in [-0.25, -0.2) is 0 Å². The molecule has 0 saturated carbocycles. The fourth-order valence-electron chi connectivity index (χ4n) is 9.11. The molecule has 0 heterocycles. The van der Waals surface area contributed by atoms with Crippen LogP contribution in [0.2, 0.25) is 0 Å². The first kappa shape index (κ1) is 15.9. The quantitative estimate of drug-likeness (QED) is 0.383. The van der Waals surface area contributed by atoms with Crippen molar-refractivity contribution in [2.75, 3.05) is 0 Å². The van der Waals surface area contributed by atoms with Gasteiger partial charge in [0.25, 0.3) is 0 Å². The lowest BCUT2D eigenvalue weighted by Gasteiger charge is -2.19. The first-order chi connectivity index (χ1) is 15.8. The Labute approximate surface area is 188 Å². The zero-order chi connectivity index (χ0) is 20.3. The van der Waals surface area contributed by atoms with E-state index in [1.165, 1.54) is 64.2 Å². The van der Waals surface area contributed by atoms with E-state index >= 15 is 0 Å². The van der Waals surface area contributed by atoms with Gasteiger partial charge in [-0.05, 0) is 126 Å². The summed E-state index contributed by atoms with van der Waals surface area (Å²) in [6, 6.07) is 0. The largest absolute Gasteiger partial charge is 0.0798 e. The van der Waals surface area contributed by atoms with Crippen LogP contribution in [0.5, 0.6) is 0 Å². The first-order valence-electron chi connectivity index (χ1n) is 12.7. The molecule has 0 aliphatic heterocycles. The fraction of sp³-hybridized carbons (Fsp3) is 0.312. The second-order valence-corrected chi connectivity index (χ2v) is 11.5. The van der Waals surface area contributed by atoms with Crippen LogP contribution in [0.15, 0.2) is 125 Å². The predicted octanol–water partition coefficient (Wildman–Crippen LogP) is 7.81. The highest BCUT2D eigenvalue weighted by molar-refractivity contribution is 5.88. The highest BCUT2D eigenvalue weighted by Gasteiger charge is 2.48. The molecule has 0 spiro atoms. The summed E-state index contributed by atoms with van der Waals surface area (Å²) in [4.78, 5) is 0. The molecule has 0 bridgehead atoms. The van der Waals surface area contributed by atoms with E-state index < -0.39 is 0 Å². The van der Waals surface area contributed by atoms with E-state index in [0.717, 1.165) is 0 Å². The van der Waals surface area contributed by atoms with E-state index in [-0.39, 0.29) is 0 Å². The zero-order valence-corrected chi connectivity index (χ0v) is 18.4. The Balaban J connectivity index is 1.13. The van der Waals surface area contributed by atoms with Gasteiger partial charge in [-0.2, -0.15) is 0 Å². The maximum absolute atomic E-state index is 2.41. The summed E-state index contributed by atoms with van der Waals surface area (Å²) in [6.45, 7) is 0. The Morgan fingerprint density at radius 1 is 0.344 bits per heavy atom. The number of fused-ring (bicyclic) bond motifs is 8. The molecule has 10 rings (SSSR count). The summed E-state index contributed by atoms with van der Waals surface area (Å²) < 4.78 is 0. The molecule has 0 amide bonds. The van der Waals surface area contributed by atoms with Crippen LogP contribution in [0.1, 0.15) is 64.2 Å². The maximum Gasteiger partial charge on any atom is -0.00516 e. The third kappa shape index (κ3) is 1.56. The number of hydrogen-bond donors (Lipinski definition) is 0. The summed E-state index contributed by atoms with van der Waals surface area (Å²) >= 11 is 0. The molecule has 0 aromatic rings. The molecule has 32 heavy (non-hydrogen) atoms. The molecule has 0 fully saturated rings. The standard InChI is InChI=1S/C32H24/c1-3-15-7-17-9-19-11-21-13-23-14-22-12-20-10-18-8-16-4-2-6-25(16)27(18)29(20)31(22)32(23)30(21)28(19)26(17)24(15)5-1/h1-4H,5-14H2. The first-order valence-corrected chi connectivity index (χ1v) is 12.7. The van der Waals surface area contributed by atoms with Crippen molar-refractivity contribution in [2.24, 2.45) is 0 Å². The Kier molecular flexibility index (Phi) is 2.42. The van der Waals surface area contributed by atoms with Crippen LogP contribution in [-0.2, 0) is 0 Å². The van der Waals surface area contributed by atoms with Crippen LogP contribution in [0.25, 0.3) is 0 Å². The van der Waals surface area contributed by atoms with E-state index in [0.29, 0.717) is 0 Å². The summed E-state index contributed by atoms with van der Waals surface area (Å²) in [5.41, 5.74) is 31.0. The van der Waals surface area contributed by atoms with Crippen molar-refractivity contribution in [3.05, 3.63) is 125 Å². The van der Waals surface area contributed by atoms with Gasteiger partial charge in [0.05, 0.1) is 0 Å². The molecule has 0 N–H and O–H groups in total. The number of rotatable bonds is 0. The predicted molar refractivity (Wildman–Crippen MR) is 128 cm³/mol. The van der Waals surface area contributed by atoms with Crippen molar-refractivity contribution in [1.82, 2.24) is 0 Å². The normalized spacial score (nSPS) is 29.8. The van der Waals surface area contributed by atoms with Crippen LogP contribution in [0.4, 0.5) is 0 Å². The van der Waals surface area contributed by atoms with Crippen LogP contribution >= 0.6 is 0 Å². The maximum atomic E-state index is 2.41. The van der Waals surface area contributed by atoms with Gasteiger partial charge in [0.2, 0.25) is 0 Å². The van der Waals surface area contributed by atoms with Gasteiger partial charge in [-0.15, -0.1) is 0 Å². The second kappa shape index (κ2) is 4.88. The molecule has 0 saturated heterocycles. The Morgan fingerprint density at radius 2 is 0.656 bits per heavy atom. The Morgan fingerprint density at radius 3 is 1.03 bits per heavy atom. The van der Waals surface area contributed by atoms with Crippen molar-refractivity contribution in [3.63, 3.8) is 0 Å². The Hall–Kier alpha value is -2.86. The lowest BCUT2D eigenvalue weighted by atomic mass is 9.84. The van der Waals surface area contributed by atoms with Crippen molar-refractivity contribution >= 4 is 0 Å². The molecular weight excluding hydrogens is 384 g/mol. The lowest BCUT2D eigenvalue weighted by molar-refractivity contribution is 0.931. The van der Waals surface area contributed by atoms with Gasteiger partial charge in [0.1, 0.15) is 0 Å². The van der Waals surface area contributed by atoms with E-state index in [1.807, 2.05) is 0 Å². The van der Waals surface area contributed by atoms with Gasteiger partial charge < -0.3 is 0 Å². The molecule has 0 aromatic heterocycles. The number of allylic oxidation sites excluding steroid dienone is 22. The fourth-order valence-corrected chi connectivity index (χ4v) is 9.11. The van der Waals surface area contributed by atoms with Gasteiger partial charge in [0, 0.05) is 0 Å². The number of hydrogen-bond acceptors (Lipinski definition) is 0. The smallest absolute Gasteiger partial charge is 0.00516 e. The third-order valence-corrected chi connectivity index (χ3v) is 10.0. The van der Waals surface area contributed by atoms with Crippen LogP contribution in [0, 0.1) is 0 Å². The van der Waals surface area contributed by atoms with Gasteiger partial charge in [-0.1, -0.05) is 63.3 Å². The molecular formula is C32H24. The summed E-state index contributed by atoms with van der Waals surface area (Å²) in [7, 11) is 0. The average Bonchev–Trinajstić information content (AvgIpc) is 3.54. The molecule has 0 heteroatoms.